The summed E-state index contributed by atoms with van der Waals surface area (Å²) in [6.07, 6.45) is 1.51. The Kier molecular flexibility index (Phi) is 2.78. The van der Waals surface area contributed by atoms with Crippen LogP contribution in [0, 0.1) is 6.92 Å². The molecular weight excluding hydrogens is 190 g/mol. The molecule has 1 atom stereocenters. The molecule has 4 nitrogen and oxygen atoms in total. The number of hydrogen-bond acceptors (Lipinski definition) is 3. The van der Waals surface area contributed by atoms with Crippen molar-refractivity contribution < 1.29 is 5.11 Å². The molecule has 0 radical (unpaired) electrons. The van der Waals surface area contributed by atoms with Crippen LogP contribution in [0.2, 0.25) is 0 Å². The number of aliphatic hydroxyl groups is 1. The van der Waals surface area contributed by atoms with E-state index >= 15 is 0 Å². The molecule has 1 unspecified atom stereocenters. The molecule has 1 aromatic heterocycles. The van der Waals surface area contributed by atoms with Crippen LogP contribution in [0.4, 0.5) is 0 Å². The summed E-state index contributed by atoms with van der Waals surface area (Å²) in [5, 5.41) is 19.8. The van der Waals surface area contributed by atoms with Gasteiger partial charge in [-0.2, -0.15) is 15.4 Å². The Hall–Kier alpha value is -1.68. The molecule has 78 valence electrons. The van der Waals surface area contributed by atoms with Crippen LogP contribution in [0.1, 0.15) is 22.9 Å². The van der Waals surface area contributed by atoms with Crippen molar-refractivity contribution in [2.75, 3.05) is 0 Å². The topological polar surface area (TPSA) is 61.8 Å². The number of nitrogens with zero attached hydrogens (tertiary/aromatic N) is 2. The van der Waals surface area contributed by atoms with E-state index < -0.39 is 6.10 Å². The van der Waals surface area contributed by atoms with Crippen LogP contribution < -0.4 is 0 Å². The Labute approximate surface area is 88.0 Å². The third-order valence-electron chi connectivity index (χ3n) is 2.29. The van der Waals surface area contributed by atoms with Crippen LogP contribution in [0.3, 0.4) is 0 Å². The van der Waals surface area contributed by atoms with Crippen molar-refractivity contribution in [2.45, 2.75) is 19.4 Å². The summed E-state index contributed by atoms with van der Waals surface area (Å²) in [4.78, 5) is 0. The number of aryl methyl sites for hydroxylation is 1. The van der Waals surface area contributed by atoms with Gasteiger partial charge in [-0.1, -0.05) is 29.8 Å². The summed E-state index contributed by atoms with van der Waals surface area (Å²) < 4.78 is 0. The Morgan fingerprint density at radius 3 is 3.00 bits per heavy atom. The van der Waals surface area contributed by atoms with Gasteiger partial charge in [-0.05, 0) is 12.5 Å². The van der Waals surface area contributed by atoms with Crippen molar-refractivity contribution in [2.24, 2.45) is 0 Å². The average molecular weight is 203 g/mol. The number of H-pyrrole nitrogens is 1. The van der Waals surface area contributed by atoms with Crippen molar-refractivity contribution in [3.63, 3.8) is 0 Å². The van der Waals surface area contributed by atoms with Crippen LogP contribution in [0.15, 0.2) is 30.5 Å². The molecule has 2 aromatic rings. The number of benzene rings is 1. The summed E-state index contributed by atoms with van der Waals surface area (Å²) in [6, 6.07) is 8.08. The molecule has 15 heavy (non-hydrogen) atoms. The predicted molar refractivity (Wildman–Crippen MR) is 56.2 cm³/mol. The lowest BCUT2D eigenvalue weighted by Crippen LogP contribution is -2.02. The highest BCUT2D eigenvalue weighted by atomic mass is 16.3. The highest BCUT2D eigenvalue weighted by molar-refractivity contribution is 5.23. The van der Waals surface area contributed by atoms with Crippen molar-refractivity contribution in [1.29, 1.82) is 0 Å². The highest BCUT2D eigenvalue weighted by Crippen LogP contribution is 2.15. The van der Waals surface area contributed by atoms with Crippen LogP contribution in [-0.2, 0) is 6.42 Å². The quantitative estimate of drug-likeness (QED) is 0.792. The first-order valence-electron chi connectivity index (χ1n) is 4.85. The summed E-state index contributed by atoms with van der Waals surface area (Å²) in [6.45, 7) is 2.03. The molecule has 0 amide bonds. The van der Waals surface area contributed by atoms with Crippen molar-refractivity contribution in [1.82, 2.24) is 15.4 Å². The number of aromatic amines is 1. The van der Waals surface area contributed by atoms with E-state index in [1.807, 2.05) is 25.1 Å². The number of rotatable bonds is 3. The molecule has 0 saturated carbocycles. The van der Waals surface area contributed by atoms with Gasteiger partial charge < -0.3 is 5.11 Å². The fourth-order valence-corrected chi connectivity index (χ4v) is 1.54. The molecule has 2 rings (SSSR count). The summed E-state index contributed by atoms with van der Waals surface area (Å²) in [5.74, 6) is 0. The van der Waals surface area contributed by atoms with E-state index in [9.17, 15) is 5.11 Å². The Bertz CT molecular complexity index is 425. The van der Waals surface area contributed by atoms with Gasteiger partial charge in [-0.3, -0.25) is 0 Å². The van der Waals surface area contributed by atoms with Crippen molar-refractivity contribution in [3.8, 4) is 0 Å². The third-order valence-corrected chi connectivity index (χ3v) is 2.29. The normalized spacial score (nSPS) is 12.7. The minimum Gasteiger partial charge on any atom is -0.386 e. The van der Waals surface area contributed by atoms with Crippen LogP contribution in [0.5, 0.6) is 0 Å². The van der Waals surface area contributed by atoms with Crippen LogP contribution in [0.25, 0.3) is 0 Å². The molecule has 1 heterocycles. The lowest BCUT2D eigenvalue weighted by Gasteiger charge is -2.07. The second kappa shape index (κ2) is 4.23. The molecule has 0 saturated heterocycles. The zero-order valence-electron chi connectivity index (χ0n) is 8.51. The van der Waals surface area contributed by atoms with E-state index in [1.54, 1.807) is 6.20 Å². The first kappa shape index (κ1) is 9.86. The summed E-state index contributed by atoms with van der Waals surface area (Å²) in [7, 11) is 0. The standard InChI is InChI=1S/C11H13N3O/c1-8-3-2-4-9(5-8)6-11(15)10-7-12-14-13-10/h2-5,7,11,15H,6H2,1H3,(H,12,13,14). The minimum atomic E-state index is -0.592. The smallest absolute Gasteiger partial charge is 0.111 e. The number of nitrogens with one attached hydrogen (secondary N) is 1. The molecular formula is C11H13N3O. The van der Waals surface area contributed by atoms with Crippen molar-refractivity contribution >= 4 is 0 Å². The number of aromatic nitrogens is 3. The SMILES string of the molecule is Cc1cccc(CC(O)c2cn[nH]n2)c1. The van der Waals surface area contributed by atoms with Gasteiger partial charge in [0.1, 0.15) is 11.8 Å². The average Bonchev–Trinajstić information content (AvgIpc) is 2.70. The van der Waals surface area contributed by atoms with E-state index in [1.165, 1.54) is 5.56 Å². The number of aliphatic hydroxyl groups excluding tert-OH is 1. The van der Waals surface area contributed by atoms with Crippen molar-refractivity contribution in [3.05, 3.63) is 47.3 Å². The van der Waals surface area contributed by atoms with Gasteiger partial charge in [0.15, 0.2) is 0 Å². The molecule has 1 aromatic carbocycles. The van der Waals surface area contributed by atoms with E-state index in [0.717, 1.165) is 5.56 Å². The monoisotopic (exact) mass is 203 g/mol. The van der Waals surface area contributed by atoms with Crippen LogP contribution in [-0.4, -0.2) is 20.5 Å². The molecule has 2 N–H and O–H groups in total. The molecule has 0 spiro atoms. The lowest BCUT2D eigenvalue weighted by molar-refractivity contribution is 0.173. The Morgan fingerprint density at radius 2 is 2.33 bits per heavy atom. The van der Waals surface area contributed by atoms with Gasteiger partial charge in [0.05, 0.1) is 6.20 Å². The van der Waals surface area contributed by atoms with E-state index in [0.29, 0.717) is 12.1 Å². The maximum atomic E-state index is 9.83. The van der Waals surface area contributed by atoms with Gasteiger partial charge in [0, 0.05) is 6.42 Å². The van der Waals surface area contributed by atoms with Crippen LogP contribution >= 0.6 is 0 Å². The second-order valence-corrected chi connectivity index (χ2v) is 3.60. The van der Waals surface area contributed by atoms with Gasteiger partial charge in [-0.25, -0.2) is 0 Å². The molecule has 0 fully saturated rings. The zero-order chi connectivity index (χ0) is 10.7. The fraction of sp³-hybridized carbons (Fsp3) is 0.273. The molecule has 0 aliphatic rings. The highest BCUT2D eigenvalue weighted by Gasteiger charge is 2.10. The second-order valence-electron chi connectivity index (χ2n) is 3.60. The minimum absolute atomic E-state index is 0.564. The third kappa shape index (κ3) is 2.41. The van der Waals surface area contributed by atoms with Gasteiger partial charge >= 0.3 is 0 Å². The molecule has 4 heteroatoms. The first-order chi connectivity index (χ1) is 7.25. The Morgan fingerprint density at radius 1 is 1.47 bits per heavy atom. The maximum Gasteiger partial charge on any atom is 0.111 e. The van der Waals surface area contributed by atoms with E-state index in [2.05, 4.69) is 21.5 Å². The number of hydrogen-bond donors (Lipinski definition) is 2. The first-order valence-corrected chi connectivity index (χ1v) is 4.85. The largest absolute Gasteiger partial charge is 0.386 e. The van der Waals surface area contributed by atoms with Gasteiger partial charge in [0.2, 0.25) is 0 Å². The summed E-state index contributed by atoms with van der Waals surface area (Å²) in [5.41, 5.74) is 2.88. The zero-order valence-corrected chi connectivity index (χ0v) is 8.51. The summed E-state index contributed by atoms with van der Waals surface area (Å²) >= 11 is 0. The Balaban J connectivity index is 2.09. The van der Waals surface area contributed by atoms with Gasteiger partial charge in [-0.15, -0.1) is 0 Å². The molecule has 0 bridgehead atoms. The van der Waals surface area contributed by atoms with E-state index in [4.69, 9.17) is 0 Å². The molecule has 0 aliphatic heterocycles. The van der Waals surface area contributed by atoms with E-state index in [-0.39, 0.29) is 0 Å². The maximum absolute atomic E-state index is 9.83. The molecule has 0 aliphatic carbocycles. The fourth-order valence-electron chi connectivity index (χ4n) is 1.54. The van der Waals surface area contributed by atoms with Gasteiger partial charge in [0.25, 0.3) is 0 Å². The lowest BCUT2D eigenvalue weighted by atomic mass is 10.0. The predicted octanol–water partition coefficient (Wildman–Crippen LogP) is 1.39.